The number of hydrogen-bond donors (Lipinski definition) is 1. The maximum absolute atomic E-state index is 3.26. The lowest BCUT2D eigenvalue weighted by Gasteiger charge is -2.21. The molecule has 0 aliphatic heterocycles. The second-order valence-electron chi connectivity index (χ2n) is 4.29. The Morgan fingerprint density at radius 3 is 2.08 bits per heavy atom. The lowest BCUT2D eigenvalue weighted by atomic mass is 9.87. The van der Waals surface area contributed by atoms with E-state index in [9.17, 15) is 0 Å². The van der Waals surface area contributed by atoms with Gasteiger partial charge in [-0.05, 0) is 37.8 Å². The molecule has 0 radical (unpaired) electrons. The quantitative estimate of drug-likeness (QED) is 0.648. The number of rotatable bonds is 6. The van der Waals surface area contributed by atoms with Gasteiger partial charge < -0.3 is 5.32 Å². The highest BCUT2D eigenvalue weighted by Crippen LogP contribution is 2.21. The zero-order chi connectivity index (χ0) is 9.56. The Bertz CT molecular complexity index is 99.2. The molecule has 1 heteroatoms. The van der Waals surface area contributed by atoms with Crippen LogP contribution in [0.15, 0.2) is 0 Å². The smallest absolute Gasteiger partial charge is 0.00235 e. The van der Waals surface area contributed by atoms with Crippen LogP contribution in [0.4, 0.5) is 0 Å². The summed E-state index contributed by atoms with van der Waals surface area (Å²) in [5.74, 6) is 2.56. The Hall–Kier alpha value is -0.0400. The van der Waals surface area contributed by atoms with Crippen LogP contribution in [0.25, 0.3) is 0 Å². The molecule has 74 valence electrons. The Morgan fingerprint density at radius 2 is 1.75 bits per heavy atom. The summed E-state index contributed by atoms with van der Waals surface area (Å²) in [4.78, 5) is 0. The van der Waals surface area contributed by atoms with Gasteiger partial charge in [-0.15, -0.1) is 0 Å². The normalized spacial score (nSPS) is 16.5. The van der Waals surface area contributed by atoms with Gasteiger partial charge in [0.2, 0.25) is 0 Å². The fourth-order valence-corrected chi connectivity index (χ4v) is 1.48. The van der Waals surface area contributed by atoms with E-state index in [1.807, 2.05) is 7.05 Å². The molecule has 1 nitrogen and oxygen atoms in total. The van der Waals surface area contributed by atoms with E-state index < -0.39 is 0 Å². The SMILES string of the molecule is CCC(CNC)CC(C)C(C)C. The van der Waals surface area contributed by atoms with Gasteiger partial charge in [-0.2, -0.15) is 0 Å². The van der Waals surface area contributed by atoms with Crippen molar-refractivity contribution in [2.45, 2.75) is 40.5 Å². The lowest BCUT2D eigenvalue weighted by Crippen LogP contribution is -2.21. The molecular formula is C11H25N. The molecule has 0 amide bonds. The largest absolute Gasteiger partial charge is 0.319 e. The standard InChI is InChI=1S/C11H25N/c1-6-11(8-12-5)7-10(4)9(2)3/h9-12H,6-8H2,1-5H3. The molecule has 0 rings (SSSR count). The summed E-state index contributed by atoms with van der Waals surface area (Å²) in [6.07, 6.45) is 2.67. The zero-order valence-corrected chi connectivity index (χ0v) is 9.35. The Labute approximate surface area is 77.9 Å². The summed E-state index contributed by atoms with van der Waals surface area (Å²) in [5, 5.41) is 3.26. The molecule has 0 bridgehead atoms. The first-order chi connectivity index (χ1) is 5.61. The van der Waals surface area contributed by atoms with E-state index in [0.717, 1.165) is 17.8 Å². The van der Waals surface area contributed by atoms with Crippen LogP contribution in [0.1, 0.15) is 40.5 Å². The lowest BCUT2D eigenvalue weighted by molar-refractivity contribution is 0.308. The maximum atomic E-state index is 3.26. The summed E-state index contributed by atoms with van der Waals surface area (Å²) in [6, 6.07) is 0. The molecule has 0 fully saturated rings. The number of hydrogen-bond acceptors (Lipinski definition) is 1. The van der Waals surface area contributed by atoms with Gasteiger partial charge in [0.25, 0.3) is 0 Å². The molecular weight excluding hydrogens is 146 g/mol. The average Bonchev–Trinajstić information content (AvgIpc) is 2.03. The molecule has 0 aliphatic rings. The third kappa shape index (κ3) is 4.76. The first-order valence-electron chi connectivity index (χ1n) is 5.26. The highest BCUT2D eigenvalue weighted by Gasteiger charge is 2.13. The van der Waals surface area contributed by atoms with Gasteiger partial charge in [-0.1, -0.05) is 34.1 Å². The van der Waals surface area contributed by atoms with Gasteiger partial charge in [0.15, 0.2) is 0 Å². The van der Waals surface area contributed by atoms with Gasteiger partial charge in [0, 0.05) is 0 Å². The van der Waals surface area contributed by atoms with Crippen LogP contribution >= 0.6 is 0 Å². The van der Waals surface area contributed by atoms with Crippen molar-refractivity contribution in [2.24, 2.45) is 17.8 Å². The summed E-state index contributed by atoms with van der Waals surface area (Å²) >= 11 is 0. The molecule has 0 aromatic carbocycles. The Kier molecular flexibility index (Phi) is 6.45. The van der Waals surface area contributed by atoms with E-state index in [-0.39, 0.29) is 0 Å². The Balaban J connectivity index is 3.68. The van der Waals surface area contributed by atoms with Crippen LogP contribution < -0.4 is 5.32 Å². The Morgan fingerprint density at radius 1 is 1.17 bits per heavy atom. The molecule has 0 aliphatic carbocycles. The van der Waals surface area contributed by atoms with Gasteiger partial charge in [-0.3, -0.25) is 0 Å². The summed E-state index contributed by atoms with van der Waals surface area (Å²) in [6.45, 7) is 10.5. The van der Waals surface area contributed by atoms with E-state index in [0.29, 0.717) is 0 Å². The summed E-state index contributed by atoms with van der Waals surface area (Å²) in [5.41, 5.74) is 0. The second-order valence-corrected chi connectivity index (χ2v) is 4.29. The van der Waals surface area contributed by atoms with Crippen LogP contribution in [-0.2, 0) is 0 Å². The van der Waals surface area contributed by atoms with Crippen molar-refractivity contribution in [2.75, 3.05) is 13.6 Å². The highest BCUT2D eigenvalue weighted by molar-refractivity contribution is 4.66. The molecule has 0 spiro atoms. The topological polar surface area (TPSA) is 12.0 Å². The maximum Gasteiger partial charge on any atom is -0.00235 e. The van der Waals surface area contributed by atoms with E-state index in [2.05, 4.69) is 33.0 Å². The van der Waals surface area contributed by atoms with Crippen molar-refractivity contribution in [1.82, 2.24) is 5.32 Å². The summed E-state index contributed by atoms with van der Waals surface area (Å²) in [7, 11) is 2.04. The molecule has 0 saturated carbocycles. The first kappa shape index (κ1) is 12.0. The molecule has 0 saturated heterocycles. The fourth-order valence-electron chi connectivity index (χ4n) is 1.48. The molecule has 2 atom stereocenters. The minimum absolute atomic E-state index is 0.830. The third-order valence-corrected chi connectivity index (χ3v) is 2.91. The van der Waals surface area contributed by atoms with Gasteiger partial charge in [-0.25, -0.2) is 0 Å². The zero-order valence-electron chi connectivity index (χ0n) is 9.35. The van der Waals surface area contributed by atoms with Crippen molar-refractivity contribution in [3.8, 4) is 0 Å². The van der Waals surface area contributed by atoms with Crippen molar-refractivity contribution < 1.29 is 0 Å². The van der Waals surface area contributed by atoms with Crippen molar-refractivity contribution >= 4 is 0 Å². The van der Waals surface area contributed by atoms with Crippen molar-refractivity contribution in [3.05, 3.63) is 0 Å². The van der Waals surface area contributed by atoms with E-state index in [1.54, 1.807) is 0 Å². The van der Waals surface area contributed by atoms with Gasteiger partial charge >= 0.3 is 0 Å². The molecule has 0 aromatic rings. The third-order valence-electron chi connectivity index (χ3n) is 2.91. The van der Waals surface area contributed by atoms with Crippen LogP contribution in [0.3, 0.4) is 0 Å². The van der Waals surface area contributed by atoms with Gasteiger partial charge in [0.05, 0.1) is 0 Å². The van der Waals surface area contributed by atoms with E-state index in [1.165, 1.54) is 19.4 Å². The van der Waals surface area contributed by atoms with Crippen molar-refractivity contribution in [1.29, 1.82) is 0 Å². The minimum atomic E-state index is 0.830. The predicted molar refractivity (Wildman–Crippen MR) is 56.3 cm³/mol. The van der Waals surface area contributed by atoms with Crippen LogP contribution in [0.2, 0.25) is 0 Å². The van der Waals surface area contributed by atoms with E-state index in [4.69, 9.17) is 0 Å². The first-order valence-corrected chi connectivity index (χ1v) is 5.26. The molecule has 0 aromatic heterocycles. The van der Waals surface area contributed by atoms with Crippen molar-refractivity contribution in [3.63, 3.8) is 0 Å². The molecule has 12 heavy (non-hydrogen) atoms. The minimum Gasteiger partial charge on any atom is -0.319 e. The van der Waals surface area contributed by atoms with E-state index >= 15 is 0 Å². The molecule has 0 heterocycles. The molecule has 2 unspecified atom stereocenters. The highest BCUT2D eigenvalue weighted by atomic mass is 14.8. The second kappa shape index (κ2) is 6.47. The van der Waals surface area contributed by atoms with Crippen LogP contribution in [0.5, 0.6) is 0 Å². The monoisotopic (exact) mass is 171 g/mol. The molecule has 1 N–H and O–H groups in total. The predicted octanol–water partition coefficient (Wildman–Crippen LogP) is 2.91. The summed E-state index contributed by atoms with van der Waals surface area (Å²) < 4.78 is 0. The average molecular weight is 171 g/mol. The van der Waals surface area contributed by atoms with Crippen LogP contribution in [-0.4, -0.2) is 13.6 Å². The fraction of sp³-hybridized carbons (Fsp3) is 1.00. The number of nitrogens with one attached hydrogen (secondary N) is 1. The van der Waals surface area contributed by atoms with Gasteiger partial charge in [0.1, 0.15) is 0 Å². The van der Waals surface area contributed by atoms with Crippen LogP contribution in [0, 0.1) is 17.8 Å².